The Kier molecular flexibility index (Phi) is 4.95. The molecule has 2 nitrogen and oxygen atoms in total. The van der Waals surface area contributed by atoms with E-state index in [4.69, 9.17) is 4.84 Å². The summed E-state index contributed by atoms with van der Waals surface area (Å²) >= 11 is 0. The van der Waals surface area contributed by atoms with Crippen molar-refractivity contribution in [3.8, 4) is 0 Å². The first kappa shape index (κ1) is 11.5. The third-order valence-electron chi connectivity index (χ3n) is 1.77. The third-order valence-corrected chi connectivity index (χ3v) is 1.77. The van der Waals surface area contributed by atoms with Crippen LogP contribution in [0.2, 0.25) is 0 Å². The molecule has 0 unspecified atom stereocenters. The van der Waals surface area contributed by atoms with Crippen LogP contribution >= 0.6 is 0 Å². The zero-order chi connectivity index (χ0) is 9.61. The number of oxime groups is 1. The number of rotatable bonds is 0. The van der Waals surface area contributed by atoms with Crippen molar-refractivity contribution in [1.82, 2.24) is 0 Å². The second-order valence-electron chi connectivity index (χ2n) is 3.53. The van der Waals surface area contributed by atoms with Gasteiger partial charge in [0.1, 0.15) is 5.60 Å². The van der Waals surface area contributed by atoms with Crippen molar-refractivity contribution < 1.29 is 4.84 Å². The van der Waals surface area contributed by atoms with E-state index in [-0.39, 0.29) is 5.60 Å². The maximum atomic E-state index is 5.29. The molecule has 0 radical (unpaired) electrons. The first-order valence-electron chi connectivity index (χ1n) is 4.82. The predicted octanol–water partition coefficient (Wildman–Crippen LogP) is 3.37. The van der Waals surface area contributed by atoms with Gasteiger partial charge in [0.25, 0.3) is 0 Å². The van der Waals surface area contributed by atoms with E-state index in [1.807, 2.05) is 20.8 Å². The Bertz CT molecular complexity index is 150. The Balaban J connectivity index is 0.000000561. The molecule has 0 saturated heterocycles. The van der Waals surface area contributed by atoms with Gasteiger partial charge in [-0.15, -0.1) is 0 Å². The fourth-order valence-corrected chi connectivity index (χ4v) is 1.06. The SMILES string of the molecule is CC.CC1=NOC(C)(C)CCC1. The summed E-state index contributed by atoms with van der Waals surface area (Å²) in [6, 6.07) is 0. The summed E-state index contributed by atoms with van der Waals surface area (Å²) in [5.41, 5.74) is 1.07. The molecule has 0 bridgehead atoms. The van der Waals surface area contributed by atoms with E-state index in [2.05, 4.69) is 19.0 Å². The lowest BCUT2D eigenvalue weighted by Gasteiger charge is -2.19. The summed E-state index contributed by atoms with van der Waals surface area (Å²) in [7, 11) is 0. The molecule has 1 aliphatic rings. The molecule has 0 amide bonds. The topological polar surface area (TPSA) is 21.6 Å². The second-order valence-corrected chi connectivity index (χ2v) is 3.53. The van der Waals surface area contributed by atoms with Crippen molar-refractivity contribution in [2.75, 3.05) is 0 Å². The van der Waals surface area contributed by atoms with Gasteiger partial charge in [-0.3, -0.25) is 0 Å². The molecule has 12 heavy (non-hydrogen) atoms. The second kappa shape index (κ2) is 5.18. The Morgan fingerprint density at radius 1 is 1.33 bits per heavy atom. The molecule has 1 aliphatic heterocycles. The standard InChI is InChI=1S/C8H15NO.C2H6/c1-7-5-4-6-8(2,3)10-9-7;1-2/h4-6H2,1-3H3;1-2H3. The highest BCUT2D eigenvalue weighted by Gasteiger charge is 2.21. The van der Waals surface area contributed by atoms with E-state index in [1.54, 1.807) is 0 Å². The molecule has 2 heteroatoms. The average molecular weight is 171 g/mol. The van der Waals surface area contributed by atoms with Crippen molar-refractivity contribution >= 4 is 5.71 Å². The molecule has 0 fully saturated rings. The molecule has 0 N–H and O–H groups in total. The van der Waals surface area contributed by atoms with E-state index < -0.39 is 0 Å². The lowest BCUT2D eigenvalue weighted by atomic mass is 10.0. The average Bonchev–Trinajstić information content (AvgIpc) is 2.17. The van der Waals surface area contributed by atoms with Gasteiger partial charge >= 0.3 is 0 Å². The van der Waals surface area contributed by atoms with E-state index in [1.165, 1.54) is 6.42 Å². The quantitative estimate of drug-likeness (QED) is 0.547. The van der Waals surface area contributed by atoms with Crippen LogP contribution in [0.5, 0.6) is 0 Å². The molecule has 0 aromatic carbocycles. The molecule has 0 atom stereocenters. The summed E-state index contributed by atoms with van der Waals surface area (Å²) in [6.07, 6.45) is 3.39. The van der Waals surface area contributed by atoms with Crippen LogP contribution in [-0.4, -0.2) is 11.3 Å². The van der Waals surface area contributed by atoms with Crippen LogP contribution in [0.15, 0.2) is 5.16 Å². The minimum absolute atomic E-state index is 0.0439. The summed E-state index contributed by atoms with van der Waals surface area (Å²) in [4.78, 5) is 5.29. The minimum atomic E-state index is -0.0439. The van der Waals surface area contributed by atoms with Crippen LogP contribution in [0.3, 0.4) is 0 Å². The zero-order valence-corrected chi connectivity index (χ0v) is 8.98. The maximum absolute atomic E-state index is 5.29. The summed E-state index contributed by atoms with van der Waals surface area (Å²) in [6.45, 7) is 10.2. The summed E-state index contributed by atoms with van der Waals surface area (Å²) in [5, 5.41) is 3.99. The number of hydrogen-bond acceptors (Lipinski definition) is 2. The van der Waals surface area contributed by atoms with Crippen LogP contribution in [0.25, 0.3) is 0 Å². The van der Waals surface area contributed by atoms with Gasteiger partial charge in [0, 0.05) is 0 Å². The number of nitrogens with zero attached hydrogens (tertiary/aromatic N) is 1. The van der Waals surface area contributed by atoms with E-state index in [0.717, 1.165) is 18.6 Å². The number of hydrogen-bond donors (Lipinski definition) is 0. The molecular formula is C10H21NO. The third kappa shape index (κ3) is 4.37. The van der Waals surface area contributed by atoms with E-state index in [9.17, 15) is 0 Å². The molecule has 72 valence electrons. The summed E-state index contributed by atoms with van der Waals surface area (Å²) in [5.74, 6) is 0. The van der Waals surface area contributed by atoms with Gasteiger partial charge in [-0.05, 0) is 40.0 Å². The van der Waals surface area contributed by atoms with Gasteiger partial charge in [0.05, 0.1) is 5.71 Å². The van der Waals surface area contributed by atoms with Crippen LogP contribution < -0.4 is 0 Å². The largest absolute Gasteiger partial charge is 0.390 e. The van der Waals surface area contributed by atoms with E-state index in [0.29, 0.717) is 0 Å². The highest BCUT2D eigenvalue weighted by molar-refractivity contribution is 5.81. The van der Waals surface area contributed by atoms with Crippen molar-refractivity contribution in [1.29, 1.82) is 0 Å². The van der Waals surface area contributed by atoms with Crippen LogP contribution in [-0.2, 0) is 4.84 Å². The first-order chi connectivity index (χ1) is 5.60. The Morgan fingerprint density at radius 2 is 1.92 bits per heavy atom. The van der Waals surface area contributed by atoms with Crippen molar-refractivity contribution in [2.45, 2.75) is 59.5 Å². The van der Waals surface area contributed by atoms with Gasteiger partial charge in [-0.2, -0.15) is 0 Å². The molecule has 1 rings (SSSR count). The lowest BCUT2D eigenvalue weighted by molar-refractivity contribution is -0.0170. The van der Waals surface area contributed by atoms with Gasteiger partial charge < -0.3 is 4.84 Å². The molecule has 0 spiro atoms. The molecule has 1 heterocycles. The van der Waals surface area contributed by atoms with Crippen LogP contribution in [0, 0.1) is 0 Å². The minimum Gasteiger partial charge on any atom is -0.390 e. The molecule has 0 aromatic rings. The Morgan fingerprint density at radius 3 is 2.50 bits per heavy atom. The first-order valence-corrected chi connectivity index (χ1v) is 4.82. The van der Waals surface area contributed by atoms with Gasteiger partial charge in [0.15, 0.2) is 0 Å². The highest BCUT2D eigenvalue weighted by Crippen LogP contribution is 2.21. The fraction of sp³-hybridized carbons (Fsp3) is 0.900. The summed E-state index contributed by atoms with van der Waals surface area (Å²) < 4.78 is 0. The Labute approximate surface area is 76.0 Å². The fourth-order valence-electron chi connectivity index (χ4n) is 1.06. The normalized spacial score (nSPS) is 20.9. The predicted molar refractivity (Wildman–Crippen MR) is 53.5 cm³/mol. The molecule has 0 aliphatic carbocycles. The van der Waals surface area contributed by atoms with Crippen LogP contribution in [0.1, 0.15) is 53.9 Å². The molecular weight excluding hydrogens is 150 g/mol. The maximum Gasteiger partial charge on any atom is 0.132 e. The van der Waals surface area contributed by atoms with Gasteiger partial charge in [0.2, 0.25) is 0 Å². The van der Waals surface area contributed by atoms with Crippen molar-refractivity contribution in [3.05, 3.63) is 0 Å². The van der Waals surface area contributed by atoms with E-state index >= 15 is 0 Å². The zero-order valence-electron chi connectivity index (χ0n) is 8.98. The van der Waals surface area contributed by atoms with Crippen molar-refractivity contribution in [2.24, 2.45) is 5.16 Å². The smallest absolute Gasteiger partial charge is 0.132 e. The van der Waals surface area contributed by atoms with Gasteiger partial charge in [-0.1, -0.05) is 19.0 Å². The highest BCUT2D eigenvalue weighted by atomic mass is 16.6. The lowest BCUT2D eigenvalue weighted by Crippen LogP contribution is -2.20. The van der Waals surface area contributed by atoms with Crippen LogP contribution in [0.4, 0.5) is 0 Å². The molecule has 0 aromatic heterocycles. The van der Waals surface area contributed by atoms with Crippen molar-refractivity contribution in [3.63, 3.8) is 0 Å². The Hall–Kier alpha value is -0.530. The molecule has 0 saturated carbocycles. The van der Waals surface area contributed by atoms with Gasteiger partial charge in [-0.25, -0.2) is 0 Å². The monoisotopic (exact) mass is 171 g/mol.